The molecule has 1 aliphatic rings. The first kappa shape index (κ1) is 14.2. The number of nitrogens with zero attached hydrogens (tertiary/aromatic N) is 1. The quantitative estimate of drug-likeness (QED) is 0.762. The largest absolute Gasteiger partial charge is 0.490 e. The standard InChI is InChI=1S/C10H17F3N2O2/c1-7(2)6-15-4-3-14-5-8(15)17-9(16)10(11,12)13/h7-8,14H,3-6H2,1-2H3. The number of esters is 1. The van der Waals surface area contributed by atoms with Gasteiger partial charge in [0.1, 0.15) is 0 Å². The van der Waals surface area contributed by atoms with Crippen molar-refractivity contribution in [2.45, 2.75) is 26.3 Å². The molecule has 1 aliphatic heterocycles. The Hall–Kier alpha value is -0.820. The smallest absolute Gasteiger partial charge is 0.438 e. The number of piperazine rings is 1. The highest BCUT2D eigenvalue weighted by atomic mass is 19.4. The SMILES string of the molecule is CC(C)CN1CCNCC1OC(=O)C(F)(F)F. The van der Waals surface area contributed by atoms with E-state index < -0.39 is 18.4 Å². The molecule has 0 aromatic carbocycles. The Balaban J connectivity index is 2.56. The van der Waals surface area contributed by atoms with Gasteiger partial charge < -0.3 is 10.1 Å². The van der Waals surface area contributed by atoms with E-state index in [1.807, 2.05) is 13.8 Å². The van der Waals surface area contributed by atoms with Crippen LogP contribution in [0.5, 0.6) is 0 Å². The molecule has 0 aliphatic carbocycles. The predicted molar refractivity (Wildman–Crippen MR) is 55.2 cm³/mol. The molecule has 1 rings (SSSR count). The molecule has 4 nitrogen and oxygen atoms in total. The molecular weight excluding hydrogens is 237 g/mol. The van der Waals surface area contributed by atoms with Crippen molar-refractivity contribution in [2.75, 3.05) is 26.2 Å². The van der Waals surface area contributed by atoms with Gasteiger partial charge in [0.2, 0.25) is 0 Å². The van der Waals surface area contributed by atoms with Crippen molar-refractivity contribution in [1.82, 2.24) is 10.2 Å². The lowest BCUT2D eigenvalue weighted by molar-refractivity contribution is -0.214. The summed E-state index contributed by atoms with van der Waals surface area (Å²) >= 11 is 0. The van der Waals surface area contributed by atoms with Crippen molar-refractivity contribution in [2.24, 2.45) is 5.92 Å². The van der Waals surface area contributed by atoms with Crippen LogP contribution in [0.25, 0.3) is 0 Å². The third-order valence-corrected chi connectivity index (χ3v) is 2.38. The van der Waals surface area contributed by atoms with Crippen molar-refractivity contribution in [1.29, 1.82) is 0 Å². The van der Waals surface area contributed by atoms with E-state index in [-0.39, 0.29) is 6.54 Å². The zero-order valence-electron chi connectivity index (χ0n) is 9.88. The average Bonchev–Trinajstić information content (AvgIpc) is 2.18. The first-order valence-electron chi connectivity index (χ1n) is 5.53. The number of carbonyl (C=O) groups is 1. The van der Waals surface area contributed by atoms with Gasteiger partial charge in [-0.25, -0.2) is 4.79 Å². The summed E-state index contributed by atoms with van der Waals surface area (Å²) < 4.78 is 40.7. The van der Waals surface area contributed by atoms with E-state index in [1.54, 1.807) is 4.90 Å². The van der Waals surface area contributed by atoms with Crippen molar-refractivity contribution < 1.29 is 22.7 Å². The summed E-state index contributed by atoms with van der Waals surface area (Å²) in [5.74, 6) is -1.82. The second-order valence-electron chi connectivity index (χ2n) is 4.45. The second kappa shape index (κ2) is 5.68. The van der Waals surface area contributed by atoms with E-state index in [1.165, 1.54) is 0 Å². The molecule has 1 atom stereocenters. The lowest BCUT2D eigenvalue weighted by atomic mass is 10.2. The summed E-state index contributed by atoms with van der Waals surface area (Å²) in [6.45, 7) is 6.03. The number of ether oxygens (including phenoxy) is 1. The topological polar surface area (TPSA) is 41.6 Å². The fourth-order valence-corrected chi connectivity index (χ4v) is 1.71. The van der Waals surface area contributed by atoms with Gasteiger partial charge in [0.15, 0.2) is 6.23 Å². The Bertz CT molecular complexity index is 269. The minimum atomic E-state index is -4.93. The molecule has 100 valence electrons. The molecule has 0 spiro atoms. The number of alkyl halides is 3. The van der Waals surface area contributed by atoms with Crippen LogP contribution >= 0.6 is 0 Å². The summed E-state index contributed by atoms with van der Waals surface area (Å²) in [7, 11) is 0. The van der Waals surface area contributed by atoms with Crippen LogP contribution in [0.2, 0.25) is 0 Å². The molecule has 0 aromatic rings. The number of hydrogen-bond donors (Lipinski definition) is 1. The highest BCUT2D eigenvalue weighted by Crippen LogP contribution is 2.19. The van der Waals surface area contributed by atoms with Gasteiger partial charge in [-0.3, -0.25) is 4.90 Å². The lowest BCUT2D eigenvalue weighted by Crippen LogP contribution is -2.54. The average molecular weight is 254 g/mol. The van der Waals surface area contributed by atoms with E-state index in [2.05, 4.69) is 10.1 Å². The first-order valence-corrected chi connectivity index (χ1v) is 5.53. The Morgan fingerprint density at radius 3 is 2.71 bits per heavy atom. The highest BCUT2D eigenvalue weighted by Gasteiger charge is 2.43. The van der Waals surface area contributed by atoms with Crippen LogP contribution in [0, 0.1) is 5.92 Å². The van der Waals surface area contributed by atoms with Gasteiger partial charge in [-0.1, -0.05) is 13.8 Å². The summed E-state index contributed by atoms with van der Waals surface area (Å²) in [6.07, 6.45) is -5.76. The molecule has 0 amide bonds. The highest BCUT2D eigenvalue weighted by molar-refractivity contribution is 5.75. The van der Waals surface area contributed by atoms with E-state index in [9.17, 15) is 18.0 Å². The van der Waals surface area contributed by atoms with Crippen LogP contribution in [0.3, 0.4) is 0 Å². The number of carbonyl (C=O) groups excluding carboxylic acids is 1. The van der Waals surface area contributed by atoms with Gasteiger partial charge in [-0.2, -0.15) is 13.2 Å². The van der Waals surface area contributed by atoms with Gasteiger partial charge in [0, 0.05) is 26.2 Å². The fourth-order valence-electron chi connectivity index (χ4n) is 1.71. The predicted octanol–water partition coefficient (Wildman–Crippen LogP) is 0.979. The summed E-state index contributed by atoms with van der Waals surface area (Å²) in [4.78, 5) is 12.5. The van der Waals surface area contributed by atoms with Crippen LogP contribution in [0.4, 0.5) is 13.2 Å². The van der Waals surface area contributed by atoms with E-state index in [0.29, 0.717) is 25.6 Å². The molecule has 1 fully saturated rings. The molecule has 0 aromatic heterocycles. The van der Waals surface area contributed by atoms with Gasteiger partial charge in [-0.05, 0) is 5.92 Å². The van der Waals surface area contributed by atoms with Crippen molar-refractivity contribution in [3.05, 3.63) is 0 Å². The molecule has 1 N–H and O–H groups in total. The van der Waals surface area contributed by atoms with Crippen LogP contribution < -0.4 is 5.32 Å². The normalized spacial score (nSPS) is 22.8. The Morgan fingerprint density at radius 1 is 1.53 bits per heavy atom. The number of hydrogen-bond acceptors (Lipinski definition) is 4. The van der Waals surface area contributed by atoms with Crippen LogP contribution in [-0.2, 0) is 9.53 Å². The third-order valence-electron chi connectivity index (χ3n) is 2.38. The number of nitrogens with one attached hydrogen (secondary N) is 1. The van der Waals surface area contributed by atoms with Crippen LogP contribution in [0.15, 0.2) is 0 Å². The molecular formula is C10H17F3N2O2. The molecule has 0 bridgehead atoms. The van der Waals surface area contributed by atoms with E-state index >= 15 is 0 Å². The van der Waals surface area contributed by atoms with Crippen LogP contribution in [0.1, 0.15) is 13.8 Å². The van der Waals surface area contributed by atoms with E-state index in [4.69, 9.17) is 0 Å². The van der Waals surface area contributed by atoms with E-state index in [0.717, 1.165) is 0 Å². The Morgan fingerprint density at radius 2 is 2.18 bits per heavy atom. The molecule has 0 saturated carbocycles. The van der Waals surface area contributed by atoms with Crippen molar-refractivity contribution >= 4 is 5.97 Å². The molecule has 17 heavy (non-hydrogen) atoms. The summed E-state index contributed by atoms with van der Waals surface area (Å²) in [5.41, 5.74) is 0. The Kier molecular flexibility index (Phi) is 4.76. The third kappa shape index (κ3) is 4.51. The number of rotatable bonds is 3. The Labute approximate surface area is 98.1 Å². The summed E-state index contributed by atoms with van der Waals surface area (Å²) in [5, 5.41) is 2.91. The minimum absolute atomic E-state index is 0.231. The van der Waals surface area contributed by atoms with Crippen LogP contribution in [-0.4, -0.2) is 49.5 Å². The fraction of sp³-hybridized carbons (Fsp3) is 0.900. The molecule has 7 heteroatoms. The lowest BCUT2D eigenvalue weighted by Gasteiger charge is -2.36. The maximum Gasteiger partial charge on any atom is 0.490 e. The van der Waals surface area contributed by atoms with Gasteiger partial charge in [0.05, 0.1) is 0 Å². The molecule has 1 saturated heterocycles. The van der Waals surface area contributed by atoms with Gasteiger partial charge in [0.25, 0.3) is 0 Å². The van der Waals surface area contributed by atoms with Crippen molar-refractivity contribution in [3.8, 4) is 0 Å². The molecule has 1 heterocycles. The second-order valence-corrected chi connectivity index (χ2v) is 4.45. The zero-order chi connectivity index (χ0) is 13.1. The van der Waals surface area contributed by atoms with Crippen molar-refractivity contribution in [3.63, 3.8) is 0 Å². The maximum absolute atomic E-state index is 12.1. The first-order chi connectivity index (χ1) is 7.80. The summed E-state index contributed by atoms with van der Waals surface area (Å²) in [6, 6.07) is 0. The zero-order valence-corrected chi connectivity index (χ0v) is 9.88. The number of halogens is 3. The van der Waals surface area contributed by atoms with Gasteiger partial charge in [-0.15, -0.1) is 0 Å². The maximum atomic E-state index is 12.1. The minimum Gasteiger partial charge on any atom is -0.438 e. The molecule has 0 radical (unpaired) electrons. The van der Waals surface area contributed by atoms with Gasteiger partial charge >= 0.3 is 12.1 Å². The molecule has 1 unspecified atom stereocenters. The monoisotopic (exact) mass is 254 g/mol.